The van der Waals surface area contributed by atoms with Crippen LogP contribution in [0.15, 0.2) is 54.7 Å². The number of carbonyl (C=O) groups is 2. The van der Waals surface area contributed by atoms with Crippen LogP contribution in [0.4, 0.5) is 4.39 Å². The van der Waals surface area contributed by atoms with Crippen molar-refractivity contribution in [2.24, 2.45) is 0 Å². The maximum atomic E-state index is 13.5. The minimum atomic E-state index is -1.49. The summed E-state index contributed by atoms with van der Waals surface area (Å²) in [4.78, 5) is 27.0. The van der Waals surface area contributed by atoms with Gasteiger partial charge in [-0.15, -0.1) is 0 Å². The number of nitrogens with one attached hydrogen (secondary N) is 1. The normalized spacial score (nSPS) is 18.6. The summed E-state index contributed by atoms with van der Waals surface area (Å²) < 4.78 is 23.8. The van der Waals surface area contributed by atoms with Crippen LogP contribution in [-0.4, -0.2) is 35.6 Å². The first-order chi connectivity index (χ1) is 14.4. The molecule has 2 aromatic carbocycles. The van der Waals surface area contributed by atoms with Crippen LogP contribution in [0, 0.1) is 5.82 Å². The first kappa shape index (κ1) is 21.4. The summed E-state index contributed by atoms with van der Waals surface area (Å²) in [6.07, 6.45) is 3.10. The van der Waals surface area contributed by atoms with Gasteiger partial charge in [0.2, 0.25) is 0 Å². The minimum absolute atomic E-state index is 0.137. The number of thiocarbonyl (C=S) groups is 1. The number of hydrogen-bond acceptors (Lipinski definition) is 5. The summed E-state index contributed by atoms with van der Waals surface area (Å²) >= 11 is 5.36. The Hall–Kier alpha value is -3.26. The topological polar surface area (TPSA) is 67.9 Å². The lowest BCUT2D eigenvalue weighted by molar-refractivity contribution is -0.148. The number of amides is 1. The van der Waals surface area contributed by atoms with Crippen molar-refractivity contribution >= 4 is 35.3 Å². The molecular weight excluding hydrogens is 407 g/mol. The van der Waals surface area contributed by atoms with E-state index < -0.39 is 23.2 Å². The molecule has 1 saturated heterocycles. The van der Waals surface area contributed by atoms with Gasteiger partial charge < -0.3 is 19.7 Å². The predicted octanol–water partition coefficient (Wildman–Crippen LogP) is 3.37. The van der Waals surface area contributed by atoms with Crippen LogP contribution in [0.25, 0.3) is 6.08 Å². The molecule has 0 bridgehead atoms. The summed E-state index contributed by atoms with van der Waals surface area (Å²) in [7, 11) is 1.58. The molecule has 1 heterocycles. The molecule has 0 saturated carbocycles. The van der Waals surface area contributed by atoms with Gasteiger partial charge in [-0.1, -0.05) is 24.3 Å². The fourth-order valence-electron chi connectivity index (χ4n) is 3.30. The van der Waals surface area contributed by atoms with E-state index in [0.717, 1.165) is 5.56 Å². The highest BCUT2D eigenvalue weighted by atomic mass is 32.1. The fourth-order valence-corrected chi connectivity index (χ4v) is 3.61. The van der Waals surface area contributed by atoms with Gasteiger partial charge in [-0.05, 0) is 60.6 Å². The zero-order valence-corrected chi connectivity index (χ0v) is 17.4. The zero-order valence-electron chi connectivity index (χ0n) is 16.6. The lowest BCUT2D eigenvalue weighted by Gasteiger charge is -2.34. The summed E-state index contributed by atoms with van der Waals surface area (Å²) in [5, 5.41) is 2.76. The van der Waals surface area contributed by atoms with E-state index in [0.29, 0.717) is 11.3 Å². The van der Waals surface area contributed by atoms with Crippen LogP contribution in [0.2, 0.25) is 0 Å². The van der Waals surface area contributed by atoms with Crippen molar-refractivity contribution < 1.29 is 23.5 Å². The number of ether oxygens (including phenoxy) is 2. The fraction of sp³-hybridized carbons (Fsp3) is 0.227. The Morgan fingerprint density at radius 1 is 1.20 bits per heavy atom. The van der Waals surface area contributed by atoms with Gasteiger partial charge in [0.05, 0.1) is 20.1 Å². The number of nitrogens with zero attached hydrogens (tertiary/aromatic N) is 1. The molecular formula is C22H21FN2O4S. The van der Waals surface area contributed by atoms with Crippen molar-refractivity contribution in [3.05, 3.63) is 71.7 Å². The van der Waals surface area contributed by atoms with Gasteiger partial charge in [-0.25, -0.2) is 4.39 Å². The highest BCUT2D eigenvalue weighted by Gasteiger charge is 2.53. The molecule has 8 heteroatoms. The smallest absolute Gasteiger partial charge is 0.309 e. The number of hydrogen-bond donors (Lipinski definition) is 1. The molecule has 1 aliphatic heterocycles. The molecule has 1 atom stereocenters. The summed E-state index contributed by atoms with van der Waals surface area (Å²) in [5.74, 6) is -0.786. The second-order valence-corrected chi connectivity index (χ2v) is 6.95. The zero-order chi connectivity index (χ0) is 21.7. The number of rotatable bonds is 7. The number of benzene rings is 2. The molecule has 6 nitrogen and oxygen atoms in total. The molecule has 2 aromatic rings. The monoisotopic (exact) mass is 428 g/mol. The lowest BCUT2D eigenvalue weighted by atomic mass is 9.85. The molecule has 0 aliphatic carbocycles. The second kappa shape index (κ2) is 9.04. The van der Waals surface area contributed by atoms with Crippen molar-refractivity contribution in [1.29, 1.82) is 0 Å². The van der Waals surface area contributed by atoms with Crippen LogP contribution in [-0.2, 0) is 19.9 Å². The van der Waals surface area contributed by atoms with Crippen LogP contribution in [0.3, 0.4) is 0 Å². The van der Waals surface area contributed by atoms with Gasteiger partial charge in [0, 0.05) is 6.20 Å². The summed E-state index contributed by atoms with van der Waals surface area (Å²) in [5.41, 5.74) is -0.226. The average molecular weight is 428 g/mol. The molecule has 1 amide bonds. The summed E-state index contributed by atoms with van der Waals surface area (Å²) in [6.45, 7) is 1.86. The van der Waals surface area contributed by atoms with Gasteiger partial charge in [-0.3, -0.25) is 9.59 Å². The van der Waals surface area contributed by atoms with E-state index in [1.165, 1.54) is 29.2 Å². The quantitative estimate of drug-likeness (QED) is 0.539. The molecule has 1 fully saturated rings. The molecule has 3 rings (SSSR count). The van der Waals surface area contributed by atoms with Gasteiger partial charge in [-0.2, -0.15) is 0 Å². The van der Waals surface area contributed by atoms with Crippen LogP contribution >= 0.6 is 12.2 Å². The van der Waals surface area contributed by atoms with E-state index >= 15 is 0 Å². The van der Waals surface area contributed by atoms with E-state index in [1.54, 1.807) is 38.4 Å². The standard InChI is InChI=1S/C22H21FN2O4S/c1-3-29-19(26)14-22(16-6-8-17(23)9-7-16)20(27)24-21(30)25(22)13-12-15-4-10-18(28-2)11-5-15/h4-13H,3,14H2,1-2H3,(H,24,27,30)/b13-12+. The molecule has 0 spiro atoms. The SMILES string of the molecule is CCOC(=O)CC1(c2ccc(F)cc2)C(=O)NC(=S)N1/C=C/c1ccc(OC)cc1. The molecule has 1 unspecified atom stereocenters. The third kappa shape index (κ3) is 4.18. The average Bonchev–Trinajstić information content (AvgIpc) is 2.97. The highest BCUT2D eigenvalue weighted by molar-refractivity contribution is 7.80. The second-order valence-electron chi connectivity index (χ2n) is 6.57. The largest absolute Gasteiger partial charge is 0.497 e. The number of esters is 1. The van der Waals surface area contributed by atoms with Crippen LogP contribution in [0.1, 0.15) is 24.5 Å². The van der Waals surface area contributed by atoms with E-state index in [9.17, 15) is 14.0 Å². The summed E-state index contributed by atoms with van der Waals surface area (Å²) in [6, 6.07) is 12.7. The van der Waals surface area contributed by atoms with Crippen molar-refractivity contribution in [1.82, 2.24) is 10.2 Å². The van der Waals surface area contributed by atoms with Crippen molar-refractivity contribution in [3.8, 4) is 5.75 Å². The maximum Gasteiger partial charge on any atom is 0.309 e. The Labute approximate surface area is 179 Å². The van der Waals surface area contributed by atoms with Gasteiger partial charge >= 0.3 is 5.97 Å². The minimum Gasteiger partial charge on any atom is -0.497 e. The Balaban J connectivity index is 2.04. The predicted molar refractivity (Wildman–Crippen MR) is 114 cm³/mol. The van der Waals surface area contributed by atoms with E-state index in [1.807, 2.05) is 12.1 Å². The molecule has 156 valence electrons. The van der Waals surface area contributed by atoms with Crippen LogP contribution in [0.5, 0.6) is 5.75 Å². The van der Waals surface area contributed by atoms with Crippen molar-refractivity contribution in [2.75, 3.05) is 13.7 Å². The number of carbonyl (C=O) groups excluding carboxylic acids is 2. The van der Waals surface area contributed by atoms with Crippen LogP contribution < -0.4 is 10.1 Å². The van der Waals surface area contributed by atoms with E-state index in [4.69, 9.17) is 21.7 Å². The molecule has 0 radical (unpaired) electrons. The first-order valence-corrected chi connectivity index (χ1v) is 9.70. The third-order valence-corrected chi connectivity index (χ3v) is 5.08. The van der Waals surface area contributed by atoms with E-state index in [-0.39, 0.29) is 18.1 Å². The number of halogens is 1. The highest BCUT2D eigenvalue weighted by Crippen LogP contribution is 2.38. The first-order valence-electron chi connectivity index (χ1n) is 9.29. The van der Waals surface area contributed by atoms with Crippen molar-refractivity contribution in [3.63, 3.8) is 0 Å². The van der Waals surface area contributed by atoms with Gasteiger partial charge in [0.1, 0.15) is 11.6 Å². The Morgan fingerprint density at radius 2 is 1.87 bits per heavy atom. The Morgan fingerprint density at radius 3 is 2.47 bits per heavy atom. The Kier molecular flexibility index (Phi) is 6.47. The molecule has 1 N–H and O–H groups in total. The Bertz CT molecular complexity index is 976. The van der Waals surface area contributed by atoms with Crippen molar-refractivity contribution in [2.45, 2.75) is 18.9 Å². The lowest BCUT2D eigenvalue weighted by Crippen LogP contribution is -2.46. The van der Waals surface area contributed by atoms with Gasteiger partial charge in [0.15, 0.2) is 10.7 Å². The van der Waals surface area contributed by atoms with E-state index in [2.05, 4.69) is 5.32 Å². The molecule has 0 aromatic heterocycles. The number of methoxy groups -OCH3 is 1. The molecule has 30 heavy (non-hydrogen) atoms. The molecule has 1 aliphatic rings. The van der Waals surface area contributed by atoms with Gasteiger partial charge in [0.25, 0.3) is 5.91 Å². The third-order valence-electron chi connectivity index (χ3n) is 4.79. The maximum absolute atomic E-state index is 13.5.